The predicted molar refractivity (Wildman–Crippen MR) is 83.1 cm³/mol. The van der Waals surface area contributed by atoms with Gasteiger partial charge in [0.1, 0.15) is 5.76 Å². The maximum Gasteiger partial charge on any atom is 0.278 e. The van der Waals surface area contributed by atoms with E-state index in [1.54, 1.807) is 24.3 Å². The van der Waals surface area contributed by atoms with Gasteiger partial charge < -0.3 is 14.2 Å². The SMILES string of the molecule is Cc1ccc(-c2ocnc2C(=O)Nc2cc(Cl)ccc2C)o1. The Morgan fingerprint density at radius 1 is 1.23 bits per heavy atom. The molecule has 3 aromatic rings. The molecular formula is C16H13ClN2O3. The highest BCUT2D eigenvalue weighted by molar-refractivity contribution is 6.31. The molecule has 0 aliphatic rings. The van der Waals surface area contributed by atoms with Crippen molar-refractivity contribution in [2.75, 3.05) is 5.32 Å². The van der Waals surface area contributed by atoms with E-state index >= 15 is 0 Å². The number of aryl methyl sites for hydroxylation is 2. The van der Waals surface area contributed by atoms with Crippen LogP contribution in [0.1, 0.15) is 21.8 Å². The first-order valence-corrected chi connectivity index (χ1v) is 7.00. The maximum atomic E-state index is 12.4. The van der Waals surface area contributed by atoms with E-state index in [4.69, 9.17) is 20.4 Å². The lowest BCUT2D eigenvalue weighted by Crippen LogP contribution is -2.14. The zero-order valence-corrected chi connectivity index (χ0v) is 12.8. The van der Waals surface area contributed by atoms with Gasteiger partial charge in [-0.05, 0) is 43.7 Å². The number of carbonyl (C=O) groups excluding carboxylic acids is 1. The number of anilines is 1. The minimum absolute atomic E-state index is 0.161. The van der Waals surface area contributed by atoms with E-state index in [1.807, 2.05) is 19.9 Å². The topological polar surface area (TPSA) is 68.3 Å². The monoisotopic (exact) mass is 316 g/mol. The molecule has 1 N–H and O–H groups in total. The fourth-order valence-corrected chi connectivity index (χ4v) is 2.22. The smallest absolute Gasteiger partial charge is 0.278 e. The van der Waals surface area contributed by atoms with Crippen LogP contribution < -0.4 is 5.32 Å². The molecular weight excluding hydrogens is 304 g/mol. The predicted octanol–water partition coefficient (Wildman–Crippen LogP) is 4.46. The molecule has 0 saturated carbocycles. The molecule has 0 saturated heterocycles. The summed E-state index contributed by atoms with van der Waals surface area (Å²) >= 11 is 5.95. The molecule has 0 aliphatic heterocycles. The summed E-state index contributed by atoms with van der Waals surface area (Å²) in [6, 6.07) is 8.81. The quantitative estimate of drug-likeness (QED) is 0.774. The summed E-state index contributed by atoms with van der Waals surface area (Å²) < 4.78 is 10.8. The number of nitrogens with one attached hydrogen (secondary N) is 1. The Morgan fingerprint density at radius 2 is 2.05 bits per heavy atom. The van der Waals surface area contributed by atoms with Gasteiger partial charge in [0.05, 0.1) is 0 Å². The molecule has 1 amide bonds. The number of amides is 1. The molecule has 0 spiro atoms. The highest BCUT2D eigenvalue weighted by Crippen LogP contribution is 2.27. The van der Waals surface area contributed by atoms with Gasteiger partial charge in [0, 0.05) is 10.7 Å². The molecule has 6 heteroatoms. The molecule has 3 rings (SSSR count). The number of aromatic nitrogens is 1. The Balaban J connectivity index is 1.90. The number of hydrogen-bond donors (Lipinski definition) is 1. The summed E-state index contributed by atoms with van der Waals surface area (Å²) in [4.78, 5) is 16.4. The lowest BCUT2D eigenvalue weighted by atomic mass is 10.2. The zero-order valence-electron chi connectivity index (χ0n) is 12.0. The van der Waals surface area contributed by atoms with Crippen molar-refractivity contribution in [2.24, 2.45) is 0 Å². The van der Waals surface area contributed by atoms with Crippen molar-refractivity contribution < 1.29 is 13.6 Å². The van der Waals surface area contributed by atoms with Crippen LogP contribution in [-0.2, 0) is 0 Å². The van der Waals surface area contributed by atoms with Crippen LogP contribution in [0, 0.1) is 13.8 Å². The van der Waals surface area contributed by atoms with E-state index in [-0.39, 0.29) is 11.6 Å². The van der Waals surface area contributed by atoms with Crippen LogP contribution in [0.5, 0.6) is 0 Å². The molecule has 0 aliphatic carbocycles. The lowest BCUT2D eigenvalue weighted by molar-refractivity contribution is 0.102. The van der Waals surface area contributed by atoms with Crippen molar-refractivity contribution >= 4 is 23.2 Å². The molecule has 0 atom stereocenters. The van der Waals surface area contributed by atoms with E-state index in [0.717, 1.165) is 11.3 Å². The Kier molecular flexibility index (Phi) is 3.73. The largest absolute Gasteiger partial charge is 0.458 e. The summed E-state index contributed by atoms with van der Waals surface area (Å²) in [7, 11) is 0. The second-order valence-corrected chi connectivity index (χ2v) is 5.29. The van der Waals surface area contributed by atoms with Gasteiger partial charge in [-0.1, -0.05) is 17.7 Å². The van der Waals surface area contributed by atoms with Gasteiger partial charge in [-0.15, -0.1) is 0 Å². The molecule has 1 aromatic carbocycles. The van der Waals surface area contributed by atoms with Crippen LogP contribution in [0.25, 0.3) is 11.5 Å². The van der Waals surface area contributed by atoms with Crippen LogP contribution in [0.15, 0.2) is 45.6 Å². The number of nitrogens with zero attached hydrogens (tertiary/aromatic N) is 1. The lowest BCUT2D eigenvalue weighted by Gasteiger charge is -2.07. The third kappa shape index (κ3) is 2.76. The van der Waals surface area contributed by atoms with Gasteiger partial charge in [-0.2, -0.15) is 0 Å². The van der Waals surface area contributed by atoms with Gasteiger partial charge in [0.25, 0.3) is 5.91 Å². The third-order valence-electron chi connectivity index (χ3n) is 3.19. The second-order valence-electron chi connectivity index (χ2n) is 4.85. The van der Waals surface area contributed by atoms with E-state index in [0.29, 0.717) is 22.2 Å². The van der Waals surface area contributed by atoms with Crippen LogP contribution in [0.3, 0.4) is 0 Å². The first-order chi connectivity index (χ1) is 10.5. The van der Waals surface area contributed by atoms with Crippen molar-refractivity contribution in [3.05, 3.63) is 58.8 Å². The van der Waals surface area contributed by atoms with Crippen molar-refractivity contribution in [3.8, 4) is 11.5 Å². The highest BCUT2D eigenvalue weighted by atomic mass is 35.5. The van der Waals surface area contributed by atoms with Gasteiger partial charge in [0.2, 0.25) is 5.76 Å². The average Bonchev–Trinajstić information content (AvgIpc) is 3.11. The normalized spacial score (nSPS) is 10.7. The summed E-state index contributed by atoms with van der Waals surface area (Å²) in [6.45, 7) is 3.69. The number of carbonyl (C=O) groups is 1. The van der Waals surface area contributed by atoms with Crippen molar-refractivity contribution in [3.63, 3.8) is 0 Å². The fourth-order valence-electron chi connectivity index (χ4n) is 2.05. The van der Waals surface area contributed by atoms with Crippen LogP contribution in [-0.4, -0.2) is 10.9 Å². The summed E-state index contributed by atoms with van der Waals surface area (Å²) in [5.41, 5.74) is 1.69. The fraction of sp³-hybridized carbons (Fsp3) is 0.125. The maximum absolute atomic E-state index is 12.4. The molecule has 22 heavy (non-hydrogen) atoms. The number of benzene rings is 1. The second kappa shape index (κ2) is 5.69. The minimum atomic E-state index is -0.386. The van der Waals surface area contributed by atoms with Gasteiger partial charge in [-0.25, -0.2) is 4.98 Å². The van der Waals surface area contributed by atoms with E-state index < -0.39 is 0 Å². The van der Waals surface area contributed by atoms with Gasteiger partial charge >= 0.3 is 0 Å². The van der Waals surface area contributed by atoms with Crippen molar-refractivity contribution in [2.45, 2.75) is 13.8 Å². The molecule has 2 aromatic heterocycles. The number of hydrogen-bond acceptors (Lipinski definition) is 4. The standard InChI is InChI=1S/C16H13ClN2O3/c1-9-3-5-11(17)7-12(9)19-16(20)14-15(21-8-18-14)13-6-4-10(2)22-13/h3-8H,1-2H3,(H,19,20). The molecule has 0 radical (unpaired) electrons. The Morgan fingerprint density at radius 3 is 2.77 bits per heavy atom. The molecule has 112 valence electrons. The zero-order chi connectivity index (χ0) is 15.7. The number of oxazole rings is 1. The highest BCUT2D eigenvalue weighted by Gasteiger charge is 2.21. The number of rotatable bonds is 3. The van der Waals surface area contributed by atoms with Crippen molar-refractivity contribution in [1.29, 1.82) is 0 Å². The Bertz CT molecular complexity index is 836. The van der Waals surface area contributed by atoms with E-state index in [9.17, 15) is 4.79 Å². The first kappa shape index (κ1) is 14.4. The molecule has 0 bridgehead atoms. The molecule has 0 fully saturated rings. The van der Waals surface area contributed by atoms with Gasteiger partial charge in [0.15, 0.2) is 17.8 Å². The van der Waals surface area contributed by atoms with Crippen LogP contribution in [0.2, 0.25) is 5.02 Å². The summed E-state index contributed by atoms with van der Waals surface area (Å²) in [5.74, 6) is 1.10. The summed E-state index contributed by atoms with van der Waals surface area (Å²) in [5, 5.41) is 3.33. The average molecular weight is 317 g/mol. The third-order valence-corrected chi connectivity index (χ3v) is 3.43. The molecule has 2 heterocycles. The van der Waals surface area contributed by atoms with Crippen LogP contribution >= 0.6 is 11.6 Å². The number of furan rings is 1. The van der Waals surface area contributed by atoms with E-state index in [1.165, 1.54) is 6.39 Å². The molecule has 0 unspecified atom stereocenters. The Labute approximate surface area is 131 Å². The molecule has 5 nitrogen and oxygen atoms in total. The Hall–Kier alpha value is -2.53. The number of halogens is 1. The minimum Gasteiger partial charge on any atom is -0.458 e. The van der Waals surface area contributed by atoms with E-state index in [2.05, 4.69) is 10.3 Å². The van der Waals surface area contributed by atoms with Crippen LogP contribution in [0.4, 0.5) is 5.69 Å². The first-order valence-electron chi connectivity index (χ1n) is 6.62. The summed E-state index contributed by atoms with van der Waals surface area (Å²) in [6.07, 6.45) is 1.22. The van der Waals surface area contributed by atoms with Gasteiger partial charge in [-0.3, -0.25) is 4.79 Å². The van der Waals surface area contributed by atoms with Crippen molar-refractivity contribution in [1.82, 2.24) is 4.98 Å².